The molecule has 4 atom stereocenters. The summed E-state index contributed by atoms with van der Waals surface area (Å²) in [5.41, 5.74) is 5.30. The van der Waals surface area contributed by atoms with E-state index in [1.807, 2.05) is 0 Å². The molecule has 2 bridgehead atoms. The van der Waals surface area contributed by atoms with Crippen molar-refractivity contribution in [2.75, 3.05) is 0 Å². The summed E-state index contributed by atoms with van der Waals surface area (Å²) in [7, 11) is 0. The minimum atomic E-state index is -0.137. The third-order valence-corrected chi connectivity index (χ3v) is 3.90. The van der Waals surface area contributed by atoms with Crippen molar-refractivity contribution >= 4 is 5.91 Å². The minimum Gasteiger partial charge on any atom is -0.370 e. The van der Waals surface area contributed by atoms with Crippen molar-refractivity contribution in [2.24, 2.45) is 35.3 Å². The average molecular weight is 193 g/mol. The van der Waals surface area contributed by atoms with Crippen LogP contribution in [-0.2, 0) is 4.79 Å². The van der Waals surface area contributed by atoms with Gasteiger partial charge in [0, 0.05) is 6.42 Å². The van der Waals surface area contributed by atoms with Crippen LogP contribution < -0.4 is 5.73 Å². The van der Waals surface area contributed by atoms with E-state index < -0.39 is 0 Å². The first-order valence-corrected chi connectivity index (χ1v) is 5.56. The fourth-order valence-electron chi connectivity index (χ4n) is 3.47. The molecule has 2 N–H and O–H groups in total. The number of amides is 1. The standard InChI is InChI=1S/C12H19NO/c1-7(2)12-9-4-3-8(5-9)10(12)6-11(13)14/h3-4,7-10,12H,5-6H2,1-2H3,(H2,13,14)/t8?,9?,10-,12-/m0/s1. The molecule has 0 aromatic carbocycles. The first kappa shape index (κ1) is 9.75. The Morgan fingerprint density at radius 1 is 1.43 bits per heavy atom. The van der Waals surface area contributed by atoms with E-state index in [4.69, 9.17) is 5.73 Å². The van der Waals surface area contributed by atoms with E-state index in [1.165, 1.54) is 6.42 Å². The molecular weight excluding hydrogens is 174 g/mol. The molecule has 2 heteroatoms. The lowest BCUT2D eigenvalue weighted by atomic mass is 9.75. The largest absolute Gasteiger partial charge is 0.370 e. The van der Waals surface area contributed by atoms with Crippen LogP contribution in [0.5, 0.6) is 0 Å². The Labute approximate surface area is 85.6 Å². The summed E-state index contributed by atoms with van der Waals surface area (Å²) in [6.45, 7) is 4.51. The van der Waals surface area contributed by atoms with Gasteiger partial charge in [-0.15, -0.1) is 0 Å². The Hall–Kier alpha value is -0.790. The van der Waals surface area contributed by atoms with Gasteiger partial charge < -0.3 is 5.73 Å². The number of primary amides is 1. The van der Waals surface area contributed by atoms with Gasteiger partial charge >= 0.3 is 0 Å². The van der Waals surface area contributed by atoms with Gasteiger partial charge in [-0.25, -0.2) is 0 Å². The molecule has 0 aromatic rings. The predicted molar refractivity (Wildman–Crippen MR) is 56.4 cm³/mol. The molecule has 0 aliphatic heterocycles. The monoisotopic (exact) mass is 193 g/mol. The Kier molecular flexibility index (Phi) is 2.38. The van der Waals surface area contributed by atoms with Crippen molar-refractivity contribution in [3.8, 4) is 0 Å². The number of carbonyl (C=O) groups is 1. The molecule has 0 aromatic heterocycles. The van der Waals surface area contributed by atoms with Gasteiger partial charge in [0.15, 0.2) is 0 Å². The van der Waals surface area contributed by atoms with Crippen molar-refractivity contribution in [3.63, 3.8) is 0 Å². The van der Waals surface area contributed by atoms with Crippen LogP contribution in [0.3, 0.4) is 0 Å². The zero-order valence-corrected chi connectivity index (χ0v) is 8.94. The summed E-state index contributed by atoms with van der Waals surface area (Å²) in [6.07, 6.45) is 6.46. The van der Waals surface area contributed by atoms with Crippen molar-refractivity contribution in [2.45, 2.75) is 26.7 Å². The highest BCUT2D eigenvalue weighted by Crippen LogP contribution is 2.52. The molecule has 2 unspecified atom stereocenters. The molecule has 1 amide bonds. The van der Waals surface area contributed by atoms with Crippen LogP contribution in [0.4, 0.5) is 0 Å². The van der Waals surface area contributed by atoms with Crippen LogP contribution in [0.1, 0.15) is 26.7 Å². The average Bonchev–Trinajstić information content (AvgIpc) is 2.61. The molecule has 2 nitrogen and oxygen atoms in total. The van der Waals surface area contributed by atoms with Crippen molar-refractivity contribution in [1.82, 2.24) is 0 Å². The van der Waals surface area contributed by atoms with E-state index >= 15 is 0 Å². The van der Waals surface area contributed by atoms with E-state index in [2.05, 4.69) is 26.0 Å². The third kappa shape index (κ3) is 1.47. The van der Waals surface area contributed by atoms with Gasteiger partial charge in [-0.3, -0.25) is 4.79 Å². The molecule has 2 aliphatic rings. The second-order valence-corrected chi connectivity index (χ2v) is 5.10. The fraction of sp³-hybridized carbons (Fsp3) is 0.750. The first-order valence-electron chi connectivity index (χ1n) is 5.56. The summed E-state index contributed by atoms with van der Waals surface area (Å²) in [5, 5.41) is 0. The Morgan fingerprint density at radius 2 is 2.07 bits per heavy atom. The van der Waals surface area contributed by atoms with Crippen molar-refractivity contribution < 1.29 is 4.79 Å². The number of allylic oxidation sites excluding steroid dienone is 2. The van der Waals surface area contributed by atoms with Crippen LogP contribution in [-0.4, -0.2) is 5.91 Å². The van der Waals surface area contributed by atoms with Gasteiger partial charge in [-0.2, -0.15) is 0 Å². The van der Waals surface area contributed by atoms with Gasteiger partial charge in [-0.05, 0) is 36.0 Å². The van der Waals surface area contributed by atoms with Gasteiger partial charge in [-0.1, -0.05) is 26.0 Å². The second-order valence-electron chi connectivity index (χ2n) is 5.10. The predicted octanol–water partition coefficient (Wildman–Crippen LogP) is 1.96. The normalized spacial score (nSPS) is 39.6. The Bertz CT molecular complexity index is 269. The zero-order valence-electron chi connectivity index (χ0n) is 8.94. The summed E-state index contributed by atoms with van der Waals surface area (Å²) in [4.78, 5) is 11.0. The van der Waals surface area contributed by atoms with Crippen molar-refractivity contribution in [3.05, 3.63) is 12.2 Å². The molecule has 1 fully saturated rings. The maximum absolute atomic E-state index is 11.0. The molecule has 2 aliphatic carbocycles. The lowest BCUT2D eigenvalue weighted by Gasteiger charge is -2.30. The van der Waals surface area contributed by atoms with Crippen LogP contribution in [0.2, 0.25) is 0 Å². The van der Waals surface area contributed by atoms with E-state index in [1.54, 1.807) is 0 Å². The number of hydrogen-bond acceptors (Lipinski definition) is 1. The lowest BCUT2D eigenvalue weighted by molar-refractivity contribution is -0.119. The van der Waals surface area contributed by atoms with Crippen LogP contribution >= 0.6 is 0 Å². The van der Waals surface area contributed by atoms with Crippen molar-refractivity contribution in [1.29, 1.82) is 0 Å². The molecule has 78 valence electrons. The lowest BCUT2D eigenvalue weighted by Crippen LogP contribution is -2.28. The quantitative estimate of drug-likeness (QED) is 0.684. The van der Waals surface area contributed by atoms with Crippen LogP contribution in [0.15, 0.2) is 12.2 Å². The maximum Gasteiger partial charge on any atom is 0.217 e. The first-order chi connectivity index (χ1) is 6.59. The van der Waals surface area contributed by atoms with E-state index in [0.717, 1.165) is 0 Å². The third-order valence-electron chi connectivity index (χ3n) is 3.90. The molecule has 0 heterocycles. The highest BCUT2D eigenvalue weighted by molar-refractivity contribution is 5.74. The molecule has 14 heavy (non-hydrogen) atoms. The van der Waals surface area contributed by atoms with Gasteiger partial charge in [0.25, 0.3) is 0 Å². The summed E-state index contributed by atoms with van der Waals surface area (Å²) in [5.74, 6) is 3.06. The second kappa shape index (κ2) is 3.41. The van der Waals surface area contributed by atoms with E-state index in [9.17, 15) is 4.79 Å². The Morgan fingerprint density at radius 3 is 2.64 bits per heavy atom. The molecule has 2 rings (SSSR count). The molecular formula is C12H19NO. The highest BCUT2D eigenvalue weighted by atomic mass is 16.1. The Balaban J connectivity index is 2.14. The van der Waals surface area contributed by atoms with Gasteiger partial charge in [0.2, 0.25) is 5.91 Å². The van der Waals surface area contributed by atoms with Crippen LogP contribution in [0.25, 0.3) is 0 Å². The smallest absolute Gasteiger partial charge is 0.217 e. The van der Waals surface area contributed by atoms with Gasteiger partial charge in [0.05, 0.1) is 0 Å². The molecule has 0 spiro atoms. The fourth-order valence-corrected chi connectivity index (χ4v) is 3.47. The summed E-state index contributed by atoms with van der Waals surface area (Å²) < 4.78 is 0. The molecule has 1 saturated carbocycles. The summed E-state index contributed by atoms with van der Waals surface area (Å²) in [6, 6.07) is 0. The number of nitrogens with two attached hydrogens (primary N) is 1. The van der Waals surface area contributed by atoms with E-state index in [0.29, 0.717) is 36.0 Å². The molecule has 0 radical (unpaired) electrons. The summed E-state index contributed by atoms with van der Waals surface area (Å²) >= 11 is 0. The zero-order chi connectivity index (χ0) is 10.3. The highest BCUT2D eigenvalue weighted by Gasteiger charge is 2.45. The number of rotatable bonds is 3. The number of hydrogen-bond donors (Lipinski definition) is 1. The van der Waals surface area contributed by atoms with Gasteiger partial charge in [0.1, 0.15) is 0 Å². The maximum atomic E-state index is 11.0. The number of fused-ring (bicyclic) bond motifs is 2. The van der Waals surface area contributed by atoms with Crippen LogP contribution in [0, 0.1) is 29.6 Å². The van der Waals surface area contributed by atoms with E-state index in [-0.39, 0.29) is 5.91 Å². The number of carbonyl (C=O) groups excluding carboxylic acids is 1. The molecule has 0 saturated heterocycles. The topological polar surface area (TPSA) is 43.1 Å². The SMILES string of the molecule is CC(C)[C@H]1C2C=CC(C2)[C@@H]1CC(N)=O. The minimum absolute atomic E-state index is 0.137.